The van der Waals surface area contributed by atoms with Crippen LogP contribution in [0.15, 0.2) is 0 Å². The smallest absolute Gasteiger partial charge is 0.0981 e. The second kappa shape index (κ2) is 5.42. The van der Waals surface area contributed by atoms with Gasteiger partial charge in [-0.15, -0.1) is 0 Å². The molecule has 0 rings (SSSR count). The molecule has 68 valence electrons. The quantitative estimate of drug-likeness (QED) is 0.335. The van der Waals surface area contributed by atoms with Gasteiger partial charge >= 0.3 is 0 Å². The third kappa shape index (κ3) is 9.77. The minimum atomic E-state index is -0.253. The van der Waals surface area contributed by atoms with Crippen molar-refractivity contribution < 1.29 is 14.5 Å². The summed E-state index contributed by atoms with van der Waals surface area (Å²) in [5.74, 6) is 0. The molecule has 0 spiro atoms. The first-order valence-electron chi connectivity index (χ1n) is 3.46. The highest BCUT2D eigenvalue weighted by Crippen LogP contribution is 1.91. The number of hydrogen-bond acceptors (Lipinski definition) is 4. The SMILES string of the molecule is CC(C)(N)CNCCOOF. The number of halogens is 1. The zero-order chi connectivity index (χ0) is 8.74. The van der Waals surface area contributed by atoms with Crippen molar-refractivity contribution in [3.63, 3.8) is 0 Å². The van der Waals surface area contributed by atoms with Crippen LogP contribution < -0.4 is 11.1 Å². The summed E-state index contributed by atoms with van der Waals surface area (Å²) in [4.78, 5) is 3.98. The van der Waals surface area contributed by atoms with Crippen molar-refractivity contribution in [2.24, 2.45) is 5.73 Å². The Morgan fingerprint density at radius 3 is 2.64 bits per heavy atom. The lowest BCUT2D eigenvalue weighted by Gasteiger charge is -2.18. The topological polar surface area (TPSA) is 56.5 Å². The number of nitrogens with one attached hydrogen (secondary N) is 1. The highest BCUT2D eigenvalue weighted by Gasteiger charge is 2.08. The van der Waals surface area contributed by atoms with Crippen molar-refractivity contribution in [1.82, 2.24) is 5.32 Å². The zero-order valence-corrected chi connectivity index (χ0v) is 6.89. The summed E-state index contributed by atoms with van der Waals surface area (Å²) in [7, 11) is 0. The molecular weight excluding hydrogens is 151 g/mol. The van der Waals surface area contributed by atoms with Crippen LogP contribution in [0.2, 0.25) is 0 Å². The van der Waals surface area contributed by atoms with Gasteiger partial charge < -0.3 is 11.1 Å². The summed E-state index contributed by atoms with van der Waals surface area (Å²) in [6.45, 7) is 5.14. The van der Waals surface area contributed by atoms with E-state index in [1.54, 1.807) is 0 Å². The van der Waals surface area contributed by atoms with Crippen LogP contribution in [0.5, 0.6) is 0 Å². The summed E-state index contributed by atoms with van der Waals surface area (Å²) in [6.07, 6.45) is 0. The average molecular weight is 166 g/mol. The Hall–Kier alpha value is -0.230. The van der Waals surface area contributed by atoms with Crippen LogP contribution in [0.1, 0.15) is 13.8 Å². The lowest BCUT2D eigenvalue weighted by Crippen LogP contribution is -2.43. The van der Waals surface area contributed by atoms with E-state index in [0.29, 0.717) is 13.1 Å². The van der Waals surface area contributed by atoms with Crippen LogP contribution >= 0.6 is 0 Å². The van der Waals surface area contributed by atoms with Crippen molar-refractivity contribution in [3.05, 3.63) is 0 Å². The van der Waals surface area contributed by atoms with Gasteiger partial charge in [0.15, 0.2) is 0 Å². The molecule has 0 saturated heterocycles. The molecule has 0 aromatic carbocycles. The number of hydrogen-bond donors (Lipinski definition) is 2. The number of nitrogens with two attached hydrogens (primary N) is 1. The Morgan fingerprint density at radius 2 is 2.18 bits per heavy atom. The molecule has 11 heavy (non-hydrogen) atoms. The maximum Gasteiger partial charge on any atom is 0.0981 e. The standard InChI is InChI=1S/C6H15FN2O2/c1-6(2,8)5-9-3-4-10-11-7/h9H,3-5,8H2,1-2H3. The van der Waals surface area contributed by atoms with Gasteiger partial charge in [0, 0.05) is 18.6 Å². The first-order valence-corrected chi connectivity index (χ1v) is 3.46. The molecule has 3 N–H and O–H groups in total. The third-order valence-electron chi connectivity index (χ3n) is 0.987. The van der Waals surface area contributed by atoms with E-state index in [9.17, 15) is 4.53 Å². The van der Waals surface area contributed by atoms with E-state index in [1.807, 2.05) is 13.8 Å². The summed E-state index contributed by atoms with van der Waals surface area (Å²) in [5.41, 5.74) is 5.39. The Kier molecular flexibility index (Phi) is 5.31. The molecule has 0 aliphatic rings. The van der Waals surface area contributed by atoms with Crippen molar-refractivity contribution in [2.75, 3.05) is 19.7 Å². The van der Waals surface area contributed by atoms with Gasteiger partial charge in [0.2, 0.25) is 0 Å². The molecule has 5 heteroatoms. The van der Waals surface area contributed by atoms with E-state index in [2.05, 4.69) is 15.3 Å². The molecule has 0 amide bonds. The summed E-state index contributed by atoms with van der Waals surface area (Å²) >= 11 is 0. The Balaban J connectivity index is 3.02. The second-order valence-electron chi connectivity index (χ2n) is 3.05. The van der Waals surface area contributed by atoms with Crippen molar-refractivity contribution in [3.8, 4) is 0 Å². The van der Waals surface area contributed by atoms with Gasteiger partial charge in [-0.2, -0.15) is 0 Å². The molecule has 0 heterocycles. The summed E-state index contributed by atoms with van der Waals surface area (Å²) < 4.78 is 10.9. The summed E-state index contributed by atoms with van der Waals surface area (Å²) in [6, 6.07) is 0. The maximum atomic E-state index is 10.9. The average Bonchev–Trinajstić information content (AvgIpc) is 1.85. The summed E-state index contributed by atoms with van der Waals surface area (Å²) in [5, 5.41) is 5.87. The number of rotatable bonds is 6. The zero-order valence-electron chi connectivity index (χ0n) is 6.89. The van der Waals surface area contributed by atoms with Gasteiger partial charge in [0.05, 0.1) is 6.61 Å². The maximum absolute atomic E-state index is 10.9. The molecular formula is C6H15FN2O2. The first-order chi connectivity index (χ1) is 5.06. The predicted octanol–water partition coefficient (Wildman–Crippen LogP) is 0.146. The molecule has 0 fully saturated rings. The van der Waals surface area contributed by atoms with E-state index >= 15 is 0 Å². The normalized spacial score (nSPS) is 12.0. The molecule has 0 atom stereocenters. The fraction of sp³-hybridized carbons (Fsp3) is 1.00. The van der Waals surface area contributed by atoms with E-state index in [0.717, 1.165) is 0 Å². The minimum absolute atomic E-state index is 0.173. The first kappa shape index (κ1) is 10.8. The monoisotopic (exact) mass is 166 g/mol. The highest BCUT2D eigenvalue weighted by molar-refractivity contribution is 4.73. The van der Waals surface area contributed by atoms with E-state index in [4.69, 9.17) is 5.73 Å². The van der Waals surface area contributed by atoms with Crippen molar-refractivity contribution in [1.29, 1.82) is 0 Å². The predicted molar refractivity (Wildman–Crippen MR) is 39.3 cm³/mol. The molecule has 0 saturated carbocycles. The largest absolute Gasteiger partial charge is 0.324 e. The lowest BCUT2D eigenvalue weighted by molar-refractivity contribution is -0.428. The minimum Gasteiger partial charge on any atom is -0.324 e. The van der Waals surface area contributed by atoms with Crippen molar-refractivity contribution >= 4 is 0 Å². The molecule has 4 nitrogen and oxygen atoms in total. The molecule has 0 unspecified atom stereocenters. The van der Waals surface area contributed by atoms with Crippen LogP contribution in [0.3, 0.4) is 0 Å². The molecule has 0 radical (unpaired) electrons. The van der Waals surface area contributed by atoms with Crippen LogP contribution in [0.25, 0.3) is 0 Å². The van der Waals surface area contributed by atoms with Gasteiger partial charge in [-0.3, -0.25) is 0 Å². The van der Waals surface area contributed by atoms with Crippen LogP contribution in [-0.2, 0) is 9.98 Å². The highest BCUT2D eigenvalue weighted by atomic mass is 19.3. The molecule has 0 bridgehead atoms. The van der Waals surface area contributed by atoms with Gasteiger partial charge in [-0.1, -0.05) is 0 Å². The molecule has 0 aromatic heterocycles. The molecule has 0 aromatic rings. The van der Waals surface area contributed by atoms with Gasteiger partial charge in [0.25, 0.3) is 0 Å². The Bertz CT molecular complexity index is 95.1. The van der Waals surface area contributed by atoms with E-state index in [-0.39, 0.29) is 12.1 Å². The van der Waals surface area contributed by atoms with Gasteiger partial charge in [0.1, 0.15) is 0 Å². The third-order valence-corrected chi connectivity index (χ3v) is 0.987. The Morgan fingerprint density at radius 1 is 1.55 bits per heavy atom. The fourth-order valence-corrected chi connectivity index (χ4v) is 0.556. The van der Waals surface area contributed by atoms with Crippen LogP contribution in [0, 0.1) is 0 Å². The van der Waals surface area contributed by atoms with E-state index in [1.165, 1.54) is 0 Å². The van der Waals surface area contributed by atoms with E-state index < -0.39 is 0 Å². The fourth-order valence-electron chi connectivity index (χ4n) is 0.556. The lowest BCUT2D eigenvalue weighted by atomic mass is 10.1. The molecule has 0 aliphatic heterocycles. The van der Waals surface area contributed by atoms with Crippen LogP contribution in [0.4, 0.5) is 4.53 Å². The second-order valence-corrected chi connectivity index (χ2v) is 3.05. The molecule has 0 aliphatic carbocycles. The van der Waals surface area contributed by atoms with Gasteiger partial charge in [-0.25, -0.2) is 4.89 Å². The van der Waals surface area contributed by atoms with Gasteiger partial charge in [-0.05, 0) is 23.5 Å². The van der Waals surface area contributed by atoms with Crippen LogP contribution in [-0.4, -0.2) is 25.2 Å². The Labute approximate surface area is 65.7 Å². The van der Waals surface area contributed by atoms with Crippen molar-refractivity contribution in [2.45, 2.75) is 19.4 Å².